The zero-order chi connectivity index (χ0) is 13.7. The molecule has 0 radical (unpaired) electrons. The van der Waals surface area contributed by atoms with Crippen molar-refractivity contribution in [1.29, 1.82) is 0 Å². The Morgan fingerprint density at radius 2 is 2.00 bits per heavy atom. The zero-order valence-electron chi connectivity index (χ0n) is 11.8. The fraction of sp³-hybridized carbons (Fsp3) is 0.533. The summed E-state index contributed by atoms with van der Waals surface area (Å²) in [5, 5.41) is 0. The molecule has 1 aliphatic heterocycles. The predicted molar refractivity (Wildman–Crippen MR) is 75.6 cm³/mol. The molecule has 1 amide bonds. The van der Waals surface area contributed by atoms with Gasteiger partial charge in [0, 0.05) is 13.1 Å². The maximum atomic E-state index is 12.5. The van der Waals surface area contributed by atoms with Crippen LogP contribution >= 0.6 is 0 Å². The van der Waals surface area contributed by atoms with Crippen LogP contribution in [0.3, 0.4) is 0 Å². The highest BCUT2D eigenvalue weighted by Gasteiger charge is 2.22. The second-order valence-electron chi connectivity index (χ2n) is 4.66. The number of para-hydroxylation sites is 1. The molecule has 1 aromatic rings. The minimum absolute atomic E-state index is 0.0836. The van der Waals surface area contributed by atoms with Crippen LogP contribution in [0.25, 0.3) is 0 Å². The van der Waals surface area contributed by atoms with Gasteiger partial charge in [-0.25, -0.2) is 0 Å². The van der Waals surface area contributed by atoms with Gasteiger partial charge in [-0.1, -0.05) is 26.0 Å². The van der Waals surface area contributed by atoms with Crippen molar-refractivity contribution < 1.29 is 9.53 Å². The largest absolute Gasteiger partial charge is 0.491 e. The highest BCUT2D eigenvalue weighted by Crippen LogP contribution is 2.22. The summed E-state index contributed by atoms with van der Waals surface area (Å²) >= 11 is 0. The van der Waals surface area contributed by atoms with E-state index in [-0.39, 0.29) is 5.91 Å². The molecule has 104 valence electrons. The summed E-state index contributed by atoms with van der Waals surface area (Å²) < 4.78 is 5.63. The number of fused-ring (bicyclic) bond motifs is 1. The van der Waals surface area contributed by atoms with E-state index in [1.54, 1.807) is 0 Å². The van der Waals surface area contributed by atoms with Crippen LogP contribution in [0.4, 0.5) is 0 Å². The summed E-state index contributed by atoms with van der Waals surface area (Å²) in [6.07, 6.45) is 0. The molecular formula is C15H22N2O2. The third-order valence-corrected chi connectivity index (χ3v) is 3.60. The fourth-order valence-electron chi connectivity index (χ4n) is 2.32. The van der Waals surface area contributed by atoms with E-state index in [9.17, 15) is 4.79 Å². The summed E-state index contributed by atoms with van der Waals surface area (Å²) in [4.78, 5) is 16.7. The average molecular weight is 262 g/mol. The third kappa shape index (κ3) is 3.26. The Morgan fingerprint density at radius 1 is 1.26 bits per heavy atom. The van der Waals surface area contributed by atoms with Crippen molar-refractivity contribution in [1.82, 2.24) is 9.80 Å². The normalized spacial score (nSPS) is 15.1. The number of hydrogen-bond acceptors (Lipinski definition) is 3. The molecule has 0 N–H and O–H groups in total. The van der Waals surface area contributed by atoms with Gasteiger partial charge in [-0.05, 0) is 25.2 Å². The average Bonchev–Trinajstić information content (AvgIpc) is 2.60. The Morgan fingerprint density at radius 3 is 2.74 bits per heavy atom. The van der Waals surface area contributed by atoms with E-state index in [1.165, 1.54) is 0 Å². The Kier molecular flexibility index (Phi) is 4.80. The van der Waals surface area contributed by atoms with Crippen molar-refractivity contribution in [3.8, 4) is 5.75 Å². The van der Waals surface area contributed by atoms with E-state index in [2.05, 4.69) is 18.7 Å². The molecule has 0 saturated heterocycles. The molecule has 4 nitrogen and oxygen atoms in total. The number of nitrogens with zero attached hydrogens (tertiary/aromatic N) is 2. The van der Waals surface area contributed by atoms with Crippen molar-refractivity contribution in [3.63, 3.8) is 0 Å². The van der Waals surface area contributed by atoms with Crippen LogP contribution in [0.5, 0.6) is 5.75 Å². The van der Waals surface area contributed by atoms with Crippen LogP contribution < -0.4 is 4.74 Å². The molecule has 0 aromatic heterocycles. The van der Waals surface area contributed by atoms with Gasteiger partial charge in [0.25, 0.3) is 5.91 Å². The molecule has 4 heteroatoms. The molecular weight excluding hydrogens is 240 g/mol. The number of carbonyl (C=O) groups excluding carboxylic acids is 1. The predicted octanol–water partition coefficient (Wildman–Crippen LogP) is 1.86. The number of benzene rings is 1. The second kappa shape index (κ2) is 6.57. The van der Waals surface area contributed by atoms with Gasteiger partial charge >= 0.3 is 0 Å². The van der Waals surface area contributed by atoms with Crippen molar-refractivity contribution >= 4 is 5.91 Å². The number of hydrogen-bond donors (Lipinski definition) is 0. The van der Waals surface area contributed by atoms with Crippen molar-refractivity contribution in [2.75, 3.05) is 39.3 Å². The Balaban J connectivity index is 2.05. The summed E-state index contributed by atoms with van der Waals surface area (Å²) in [7, 11) is 0. The van der Waals surface area contributed by atoms with Gasteiger partial charge in [0.1, 0.15) is 12.4 Å². The zero-order valence-corrected chi connectivity index (χ0v) is 11.8. The van der Waals surface area contributed by atoms with Crippen LogP contribution in [0.2, 0.25) is 0 Å². The molecule has 0 atom stereocenters. The molecule has 0 unspecified atom stereocenters. The Hall–Kier alpha value is -1.55. The molecule has 0 spiro atoms. The molecule has 0 bridgehead atoms. The van der Waals surface area contributed by atoms with Gasteiger partial charge < -0.3 is 14.5 Å². The maximum absolute atomic E-state index is 12.5. The molecule has 2 rings (SSSR count). The van der Waals surface area contributed by atoms with Crippen LogP contribution in [-0.4, -0.2) is 55.0 Å². The molecule has 0 saturated carbocycles. The lowest BCUT2D eigenvalue weighted by molar-refractivity contribution is 0.0737. The van der Waals surface area contributed by atoms with E-state index in [1.807, 2.05) is 29.2 Å². The lowest BCUT2D eigenvalue weighted by Crippen LogP contribution is -2.39. The molecule has 19 heavy (non-hydrogen) atoms. The molecule has 1 aliphatic rings. The highest BCUT2D eigenvalue weighted by molar-refractivity contribution is 5.97. The summed E-state index contributed by atoms with van der Waals surface area (Å²) in [5.74, 6) is 0.790. The number of carbonyl (C=O) groups is 1. The van der Waals surface area contributed by atoms with Crippen LogP contribution in [-0.2, 0) is 0 Å². The van der Waals surface area contributed by atoms with E-state index < -0.39 is 0 Å². The summed E-state index contributed by atoms with van der Waals surface area (Å²) in [6, 6.07) is 7.49. The lowest BCUT2D eigenvalue weighted by Gasteiger charge is -2.24. The van der Waals surface area contributed by atoms with Crippen LogP contribution in [0, 0.1) is 0 Å². The van der Waals surface area contributed by atoms with Gasteiger partial charge in [0.15, 0.2) is 0 Å². The number of amides is 1. The summed E-state index contributed by atoms with van der Waals surface area (Å²) in [5.41, 5.74) is 0.680. The Labute approximate surface area is 115 Å². The van der Waals surface area contributed by atoms with E-state index in [0.717, 1.165) is 26.2 Å². The van der Waals surface area contributed by atoms with E-state index in [4.69, 9.17) is 4.74 Å². The molecule has 0 aliphatic carbocycles. The van der Waals surface area contributed by atoms with Gasteiger partial charge in [-0.15, -0.1) is 0 Å². The minimum atomic E-state index is 0.0836. The number of likely N-dealkylation sites (N-methyl/N-ethyl adjacent to an activating group) is 1. The quantitative estimate of drug-likeness (QED) is 0.812. The first-order valence-corrected chi connectivity index (χ1v) is 6.99. The summed E-state index contributed by atoms with van der Waals surface area (Å²) in [6.45, 7) is 9.24. The van der Waals surface area contributed by atoms with Crippen LogP contribution in [0.15, 0.2) is 24.3 Å². The first-order chi connectivity index (χ1) is 9.26. The fourth-order valence-corrected chi connectivity index (χ4v) is 2.32. The number of rotatable bonds is 5. The highest BCUT2D eigenvalue weighted by atomic mass is 16.5. The SMILES string of the molecule is CCN(CC)CCN1CCOc2ccccc2C1=O. The van der Waals surface area contributed by atoms with Gasteiger partial charge in [0.05, 0.1) is 12.1 Å². The first-order valence-electron chi connectivity index (χ1n) is 6.99. The molecule has 1 heterocycles. The van der Waals surface area contributed by atoms with Gasteiger partial charge in [0.2, 0.25) is 0 Å². The van der Waals surface area contributed by atoms with Crippen LogP contribution in [0.1, 0.15) is 24.2 Å². The monoisotopic (exact) mass is 262 g/mol. The maximum Gasteiger partial charge on any atom is 0.257 e. The van der Waals surface area contributed by atoms with Gasteiger partial charge in [-0.3, -0.25) is 4.79 Å². The van der Waals surface area contributed by atoms with E-state index >= 15 is 0 Å². The standard InChI is InChI=1S/C15H22N2O2/c1-3-16(4-2)9-10-17-11-12-19-14-8-6-5-7-13(14)15(17)18/h5-8H,3-4,9-12H2,1-2H3. The number of ether oxygens (including phenoxy) is 1. The topological polar surface area (TPSA) is 32.8 Å². The van der Waals surface area contributed by atoms with Gasteiger partial charge in [-0.2, -0.15) is 0 Å². The van der Waals surface area contributed by atoms with Crippen molar-refractivity contribution in [2.45, 2.75) is 13.8 Å². The second-order valence-corrected chi connectivity index (χ2v) is 4.66. The smallest absolute Gasteiger partial charge is 0.257 e. The first kappa shape index (κ1) is 13.9. The molecule has 1 aromatic carbocycles. The lowest BCUT2D eigenvalue weighted by atomic mass is 10.2. The molecule has 0 fully saturated rings. The van der Waals surface area contributed by atoms with Crippen molar-refractivity contribution in [3.05, 3.63) is 29.8 Å². The Bertz CT molecular complexity index is 430. The third-order valence-electron chi connectivity index (χ3n) is 3.60. The van der Waals surface area contributed by atoms with Crippen molar-refractivity contribution in [2.24, 2.45) is 0 Å². The van der Waals surface area contributed by atoms with E-state index in [0.29, 0.717) is 24.5 Å². The minimum Gasteiger partial charge on any atom is -0.491 e.